The monoisotopic (exact) mass is 367 g/mol. The number of hydrogen-bond acceptors (Lipinski definition) is 4. The van der Waals surface area contributed by atoms with E-state index in [9.17, 15) is 18.4 Å². The number of nitrogens with one attached hydrogen (secondary N) is 1. The van der Waals surface area contributed by atoms with Crippen molar-refractivity contribution in [3.05, 3.63) is 24.3 Å². The van der Waals surface area contributed by atoms with Gasteiger partial charge in [-0.05, 0) is 44.0 Å². The maximum Gasteiger partial charge on any atom is 0.387 e. The summed E-state index contributed by atoms with van der Waals surface area (Å²) >= 11 is 0. The number of piperazine rings is 1. The van der Waals surface area contributed by atoms with Gasteiger partial charge in [-0.15, -0.1) is 0 Å². The third kappa shape index (κ3) is 4.69. The van der Waals surface area contributed by atoms with Crippen molar-refractivity contribution in [2.75, 3.05) is 31.5 Å². The fraction of sp³-hybridized carbons (Fsp3) is 0.556. The van der Waals surface area contributed by atoms with Gasteiger partial charge in [-0.1, -0.05) is 0 Å². The molecule has 142 valence electrons. The molecule has 26 heavy (non-hydrogen) atoms. The lowest BCUT2D eigenvalue weighted by Crippen LogP contribution is -2.54. The van der Waals surface area contributed by atoms with Crippen LogP contribution in [0.5, 0.6) is 5.75 Å². The number of carbonyl (C=O) groups excluding carboxylic acids is 2. The van der Waals surface area contributed by atoms with Crippen LogP contribution in [0, 0.1) is 5.92 Å². The molecule has 1 saturated carbocycles. The van der Waals surface area contributed by atoms with Crippen molar-refractivity contribution < 1.29 is 23.1 Å². The van der Waals surface area contributed by atoms with Gasteiger partial charge in [0.25, 0.3) is 0 Å². The minimum Gasteiger partial charge on any atom is -0.435 e. The second-order valence-corrected chi connectivity index (χ2v) is 6.70. The van der Waals surface area contributed by atoms with Crippen molar-refractivity contribution in [2.45, 2.75) is 32.4 Å². The predicted molar refractivity (Wildman–Crippen MR) is 92.0 cm³/mol. The third-order valence-corrected chi connectivity index (χ3v) is 4.83. The van der Waals surface area contributed by atoms with E-state index in [-0.39, 0.29) is 29.5 Å². The van der Waals surface area contributed by atoms with E-state index < -0.39 is 6.61 Å². The van der Waals surface area contributed by atoms with Gasteiger partial charge in [-0.2, -0.15) is 8.78 Å². The van der Waals surface area contributed by atoms with Gasteiger partial charge in [-0.3, -0.25) is 14.5 Å². The van der Waals surface area contributed by atoms with Crippen LogP contribution in [0.25, 0.3) is 0 Å². The van der Waals surface area contributed by atoms with Crippen molar-refractivity contribution in [1.29, 1.82) is 0 Å². The highest BCUT2D eigenvalue weighted by molar-refractivity contribution is 5.94. The molecule has 1 aliphatic heterocycles. The summed E-state index contributed by atoms with van der Waals surface area (Å²) in [5.74, 6) is 0.337. The first-order chi connectivity index (χ1) is 12.4. The third-order valence-electron chi connectivity index (χ3n) is 4.83. The summed E-state index contributed by atoms with van der Waals surface area (Å²) in [6.07, 6.45) is 2.00. The van der Waals surface area contributed by atoms with Gasteiger partial charge in [0.2, 0.25) is 11.8 Å². The summed E-state index contributed by atoms with van der Waals surface area (Å²) in [4.78, 5) is 28.4. The maximum atomic E-state index is 12.4. The Kier molecular flexibility index (Phi) is 5.70. The smallest absolute Gasteiger partial charge is 0.387 e. The topological polar surface area (TPSA) is 61.9 Å². The molecule has 2 aliphatic rings. The van der Waals surface area contributed by atoms with E-state index in [1.165, 1.54) is 24.3 Å². The number of nitrogens with zero attached hydrogens (tertiary/aromatic N) is 2. The predicted octanol–water partition coefficient (Wildman–Crippen LogP) is 2.17. The van der Waals surface area contributed by atoms with E-state index in [0.29, 0.717) is 31.9 Å². The molecule has 6 nitrogen and oxygen atoms in total. The van der Waals surface area contributed by atoms with Gasteiger partial charge in [0.1, 0.15) is 5.75 Å². The average molecular weight is 367 g/mol. The molecule has 0 radical (unpaired) electrons. The Bertz CT molecular complexity index is 642. The molecule has 1 aromatic rings. The zero-order valence-electron chi connectivity index (χ0n) is 14.7. The number of alkyl halides is 2. The number of rotatable bonds is 6. The molecule has 2 amide bonds. The summed E-state index contributed by atoms with van der Waals surface area (Å²) in [5, 5.41) is 2.78. The Balaban J connectivity index is 1.47. The number of amides is 2. The van der Waals surface area contributed by atoms with Crippen LogP contribution >= 0.6 is 0 Å². The summed E-state index contributed by atoms with van der Waals surface area (Å²) < 4.78 is 28.6. The van der Waals surface area contributed by atoms with Crippen LogP contribution in [0.15, 0.2) is 24.3 Å². The molecule has 3 rings (SSSR count). The summed E-state index contributed by atoms with van der Waals surface area (Å²) in [5.41, 5.74) is 0.519. The second kappa shape index (κ2) is 7.99. The molecule has 2 fully saturated rings. The van der Waals surface area contributed by atoms with Gasteiger partial charge in [-0.25, -0.2) is 0 Å². The van der Waals surface area contributed by atoms with Crippen LogP contribution in [-0.4, -0.2) is 60.4 Å². The fourth-order valence-corrected chi connectivity index (χ4v) is 3.05. The van der Waals surface area contributed by atoms with Gasteiger partial charge in [0.15, 0.2) is 0 Å². The molecule has 1 aromatic carbocycles. The van der Waals surface area contributed by atoms with Crippen molar-refractivity contribution in [3.63, 3.8) is 0 Å². The van der Waals surface area contributed by atoms with Gasteiger partial charge in [0.05, 0.1) is 6.04 Å². The quantitative estimate of drug-likeness (QED) is 0.837. The molecule has 0 bridgehead atoms. The first-order valence-corrected chi connectivity index (χ1v) is 8.82. The Morgan fingerprint density at radius 2 is 1.73 bits per heavy atom. The molecule has 0 spiro atoms. The van der Waals surface area contributed by atoms with Crippen molar-refractivity contribution in [2.24, 2.45) is 5.92 Å². The molecule has 1 unspecified atom stereocenters. The molecule has 1 saturated heterocycles. The van der Waals surface area contributed by atoms with Crippen LogP contribution in [0.2, 0.25) is 0 Å². The highest BCUT2D eigenvalue weighted by atomic mass is 19.3. The maximum absolute atomic E-state index is 12.4. The lowest BCUT2D eigenvalue weighted by atomic mass is 10.2. The average Bonchev–Trinajstić information content (AvgIpc) is 3.47. The fourth-order valence-electron chi connectivity index (χ4n) is 3.05. The molecular formula is C18H23F2N3O3. The zero-order valence-corrected chi connectivity index (χ0v) is 14.7. The number of halogens is 2. The standard InChI is InChI=1S/C18H23F2N3O3/c1-12(22-8-10-23(11-9-22)17(25)13-2-3-13)16(24)21-14-4-6-15(7-5-14)26-18(19)20/h4-7,12-13,18H,2-3,8-11H2,1H3,(H,21,24). The highest BCUT2D eigenvalue weighted by Crippen LogP contribution is 2.31. The molecular weight excluding hydrogens is 344 g/mol. The Labute approximate surface area is 151 Å². The SMILES string of the molecule is CC(C(=O)Nc1ccc(OC(F)F)cc1)N1CCN(C(=O)C2CC2)CC1. The number of carbonyl (C=O) groups is 2. The molecule has 1 atom stereocenters. The Morgan fingerprint density at radius 3 is 2.27 bits per heavy atom. The molecule has 8 heteroatoms. The molecule has 0 aromatic heterocycles. The van der Waals surface area contributed by atoms with Crippen LogP contribution in [0.1, 0.15) is 19.8 Å². The molecule has 1 N–H and O–H groups in total. The van der Waals surface area contributed by atoms with Crippen molar-refractivity contribution in [1.82, 2.24) is 9.80 Å². The van der Waals surface area contributed by atoms with E-state index in [0.717, 1.165) is 12.8 Å². The van der Waals surface area contributed by atoms with Crippen molar-refractivity contribution >= 4 is 17.5 Å². The number of benzene rings is 1. The van der Waals surface area contributed by atoms with Crippen LogP contribution in [0.3, 0.4) is 0 Å². The largest absolute Gasteiger partial charge is 0.435 e. The van der Waals surface area contributed by atoms with Gasteiger partial charge < -0.3 is 15.0 Å². The van der Waals surface area contributed by atoms with Crippen molar-refractivity contribution in [3.8, 4) is 5.75 Å². The number of hydrogen-bond donors (Lipinski definition) is 1. The van der Waals surface area contributed by atoms with E-state index in [2.05, 4.69) is 10.1 Å². The molecule has 1 aliphatic carbocycles. The van der Waals surface area contributed by atoms with Gasteiger partial charge >= 0.3 is 6.61 Å². The lowest BCUT2D eigenvalue weighted by molar-refractivity contribution is -0.135. The summed E-state index contributed by atoms with van der Waals surface area (Å²) in [6.45, 7) is 1.56. The lowest BCUT2D eigenvalue weighted by Gasteiger charge is -2.37. The first kappa shape index (κ1) is 18.6. The van der Waals surface area contributed by atoms with E-state index in [1.54, 1.807) is 0 Å². The Hall–Kier alpha value is -2.22. The van der Waals surface area contributed by atoms with Crippen LogP contribution in [0.4, 0.5) is 14.5 Å². The van der Waals surface area contributed by atoms with Crippen LogP contribution < -0.4 is 10.1 Å². The summed E-state index contributed by atoms with van der Waals surface area (Å²) in [7, 11) is 0. The van der Waals surface area contributed by atoms with E-state index >= 15 is 0 Å². The zero-order chi connectivity index (χ0) is 18.7. The Morgan fingerprint density at radius 1 is 1.12 bits per heavy atom. The first-order valence-electron chi connectivity index (χ1n) is 8.82. The summed E-state index contributed by atoms with van der Waals surface area (Å²) in [6, 6.07) is 5.47. The minimum atomic E-state index is -2.87. The second-order valence-electron chi connectivity index (χ2n) is 6.70. The van der Waals surface area contributed by atoms with E-state index in [4.69, 9.17) is 0 Å². The normalized spacial score (nSPS) is 19.3. The van der Waals surface area contributed by atoms with Gasteiger partial charge in [0, 0.05) is 37.8 Å². The minimum absolute atomic E-state index is 0.0440. The number of anilines is 1. The van der Waals surface area contributed by atoms with E-state index in [1.807, 2.05) is 16.7 Å². The van der Waals surface area contributed by atoms with Crippen LogP contribution in [-0.2, 0) is 9.59 Å². The molecule has 1 heterocycles. The highest BCUT2D eigenvalue weighted by Gasteiger charge is 2.35. The number of ether oxygens (including phenoxy) is 1.